The fraction of sp³-hybridized carbons (Fsp3) is 0.250. The number of carbonyl (C=O) groups is 1. The smallest absolute Gasteiger partial charge is 0.249 e. The van der Waals surface area contributed by atoms with Crippen molar-refractivity contribution >= 4 is 5.91 Å². The molecule has 0 aliphatic rings. The first-order chi connectivity index (χ1) is 9.58. The molecular formula is C16H18N2O2. The summed E-state index contributed by atoms with van der Waals surface area (Å²) in [5.41, 5.74) is 3.13. The molecule has 2 N–H and O–H groups in total. The number of aliphatic hydroxyl groups excluding tert-OH is 1. The first-order valence-electron chi connectivity index (χ1n) is 6.56. The largest absolute Gasteiger partial charge is 0.384 e. The van der Waals surface area contributed by atoms with Crippen molar-refractivity contribution < 1.29 is 9.90 Å². The van der Waals surface area contributed by atoms with Crippen molar-refractivity contribution in [3.05, 3.63) is 54.4 Å². The molecule has 0 aliphatic carbocycles. The van der Waals surface area contributed by atoms with Gasteiger partial charge in [0.1, 0.15) is 6.10 Å². The van der Waals surface area contributed by atoms with E-state index in [2.05, 4.69) is 10.3 Å². The summed E-state index contributed by atoms with van der Waals surface area (Å²) in [5, 5.41) is 11.9. The summed E-state index contributed by atoms with van der Waals surface area (Å²) in [6, 6.07) is 11.7. The van der Waals surface area contributed by atoms with Crippen LogP contribution in [0.3, 0.4) is 0 Å². The predicted molar refractivity (Wildman–Crippen MR) is 77.9 cm³/mol. The van der Waals surface area contributed by atoms with Crippen LogP contribution in [0.4, 0.5) is 0 Å². The van der Waals surface area contributed by atoms with E-state index in [0.717, 1.165) is 16.7 Å². The number of hydrogen-bond donors (Lipinski definition) is 2. The van der Waals surface area contributed by atoms with Crippen LogP contribution < -0.4 is 5.32 Å². The lowest BCUT2D eigenvalue weighted by molar-refractivity contribution is -0.129. The van der Waals surface area contributed by atoms with Crippen molar-refractivity contribution in [1.29, 1.82) is 0 Å². The van der Waals surface area contributed by atoms with E-state index in [9.17, 15) is 9.90 Å². The second-order valence-electron chi connectivity index (χ2n) is 4.77. The predicted octanol–water partition coefficient (Wildman–Crippen LogP) is 2.31. The van der Waals surface area contributed by atoms with E-state index >= 15 is 0 Å². The molecule has 0 saturated heterocycles. The van der Waals surface area contributed by atoms with E-state index in [1.165, 1.54) is 6.92 Å². The lowest BCUT2D eigenvalue weighted by Gasteiger charge is -2.16. The lowest BCUT2D eigenvalue weighted by atomic mass is 10.0. The van der Waals surface area contributed by atoms with Gasteiger partial charge in [-0.1, -0.05) is 30.3 Å². The van der Waals surface area contributed by atoms with Gasteiger partial charge in [-0.05, 0) is 36.6 Å². The number of aromatic nitrogens is 1. The molecule has 4 nitrogen and oxygen atoms in total. The van der Waals surface area contributed by atoms with Crippen molar-refractivity contribution in [3.63, 3.8) is 0 Å². The number of carbonyl (C=O) groups excluding carboxylic acids is 1. The van der Waals surface area contributed by atoms with Crippen molar-refractivity contribution in [3.8, 4) is 11.1 Å². The number of nitrogens with zero attached hydrogens (tertiary/aromatic N) is 1. The number of amides is 1. The third-order valence-electron chi connectivity index (χ3n) is 3.14. The van der Waals surface area contributed by atoms with Gasteiger partial charge in [0.15, 0.2) is 0 Å². The van der Waals surface area contributed by atoms with Gasteiger partial charge in [0.05, 0.1) is 6.04 Å². The van der Waals surface area contributed by atoms with Gasteiger partial charge < -0.3 is 10.4 Å². The highest BCUT2D eigenvalue weighted by Gasteiger charge is 2.13. The van der Waals surface area contributed by atoms with Gasteiger partial charge in [-0.2, -0.15) is 0 Å². The van der Waals surface area contributed by atoms with Crippen LogP contribution in [0.5, 0.6) is 0 Å². The van der Waals surface area contributed by atoms with Crippen LogP contribution in [0.2, 0.25) is 0 Å². The van der Waals surface area contributed by atoms with Gasteiger partial charge in [0.25, 0.3) is 0 Å². The zero-order valence-electron chi connectivity index (χ0n) is 11.6. The van der Waals surface area contributed by atoms with Crippen molar-refractivity contribution in [2.45, 2.75) is 26.0 Å². The van der Waals surface area contributed by atoms with Gasteiger partial charge in [0, 0.05) is 12.4 Å². The molecule has 1 aromatic carbocycles. The number of benzene rings is 1. The summed E-state index contributed by atoms with van der Waals surface area (Å²) < 4.78 is 0. The maximum Gasteiger partial charge on any atom is 0.249 e. The minimum Gasteiger partial charge on any atom is -0.384 e. The van der Waals surface area contributed by atoms with Crippen LogP contribution in [-0.2, 0) is 4.79 Å². The number of hydrogen-bond acceptors (Lipinski definition) is 3. The maximum atomic E-state index is 11.4. The highest BCUT2D eigenvalue weighted by molar-refractivity contribution is 5.80. The summed E-state index contributed by atoms with van der Waals surface area (Å²) in [7, 11) is 0. The third-order valence-corrected chi connectivity index (χ3v) is 3.14. The molecule has 1 aromatic heterocycles. The molecule has 104 valence electrons. The molecule has 0 fully saturated rings. The average molecular weight is 270 g/mol. The van der Waals surface area contributed by atoms with Crippen molar-refractivity contribution in [2.75, 3.05) is 0 Å². The first kappa shape index (κ1) is 14.2. The molecule has 2 unspecified atom stereocenters. The molecule has 1 amide bonds. The molecule has 4 heteroatoms. The SMILES string of the molecule is CC(O)C(=O)NC(C)c1ccc(-c2cccnc2)cc1. The zero-order valence-corrected chi connectivity index (χ0v) is 11.6. The van der Waals surface area contributed by atoms with E-state index in [-0.39, 0.29) is 11.9 Å². The topological polar surface area (TPSA) is 62.2 Å². The second-order valence-corrected chi connectivity index (χ2v) is 4.77. The van der Waals surface area contributed by atoms with Crippen molar-refractivity contribution in [1.82, 2.24) is 10.3 Å². The summed E-state index contributed by atoms with van der Waals surface area (Å²) in [6.45, 7) is 3.34. The molecule has 0 aliphatic heterocycles. The number of pyridine rings is 1. The van der Waals surface area contributed by atoms with E-state index in [4.69, 9.17) is 0 Å². The molecular weight excluding hydrogens is 252 g/mol. The molecule has 2 atom stereocenters. The van der Waals surface area contributed by atoms with Crippen molar-refractivity contribution in [2.24, 2.45) is 0 Å². The number of aliphatic hydroxyl groups is 1. The van der Waals surface area contributed by atoms with Gasteiger partial charge in [0.2, 0.25) is 5.91 Å². The molecule has 0 spiro atoms. The fourth-order valence-electron chi connectivity index (χ4n) is 1.92. The van der Waals surface area contributed by atoms with Crippen LogP contribution in [0.15, 0.2) is 48.8 Å². The van der Waals surface area contributed by atoms with Crippen LogP contribution in [-0.4, -0.2) is 22.1 Å². The molecule has 1 heterocycles. The van der Waals surface area contributed by atoms with Crippen LogP contribution >= 0.6 is 0 Å². The quantitative estimate of drug-likeness (QED) is 0.896. The highest BCUT2D eigenvalue weighted by atomic mass is 16.3. The Balaban J connectivity index is 2.10. The van der Waals surface area contributed by atoms with Gasteiger partial charge in [-0.25, -0.2) is 0 Å². The fourth-order valence-corrected chi connectivity index (χ4v) is 1.92. The zero-order chi connectivity index (χ0) is 14.5. The third kappa shape index (κ3) is 3.42. The molecule has 20 heavy (non-hydrogen) atoms. The Morgan fingerprint density at radius 2 is 1.85 bits per heavy atom. The first-order valence-corrected chi connectivity index (χ1v) is 6.56. The molecule has 2 rings (SSSR count). The van der Waals surface area contributed by atoms with E-state index in [1.807, 2.05) is 49.5 Å². The standard InChI is InChI=1S/C16H18N2O2/c1-11(18-16(20)12(2)19)13-5-7-14(8-6-13)15-4-3-9-17-10-15/h3-12,19H,1-2H3,(H,18,20). The van der Waals surface area contributed by atoms with Crippen LogP contribution in [0, 0.1) is 0 Å². The number of nitrogens with one attached hydrogen (secondary N) is 1. The molecule has 2 aromatic rings. The second kappa shape index (κ2) is 6.30. The Morgan fingerprint density at radius 1 is 1.15 bits per heavy atom. The van der Waals surface area contributed by atoms with Gasteiger partial charge >= 0.3 is 0 Å². The molecule has 0 saturated carbocycles. The van der Waals surface area contributed by atoms with E-state index in [0.29, 0.717) is 0 Å². The highest BCUT2D eigenvalue weighted by Crippen LogP contribution is 2.21. The van der Waals surface area contributed by atoms with Gasteiger partial charge in [-0.3, -0.25) is 9.78 Å². The Bertz CT molecular complexity index is 565. The molecule has 0 radical (unpaired) electrons. The summed E-state index contributed by atoms with van der Waals surface area (Å²) in [4.78, 5) is 15.5. The number of rotatable bonds is 4. The molecule has 0 bridgehead atoms. The monoisotopic (exact) mass is 270 g/mol. The average Bonchev–Trinajstić information content (AvgIpc) is 2.48. The van der Waals surface area contributed by atoms with Gasteiger partial charge in [-0.15, -0.1) is 0 Å². The normalized spacial score (nSPS) is 13.6. The Hall–Kier alpha value is -2.20. The summed E-state index contributed by atoms with van der Waals surface area (Å²) >= 11 is 0. The minimum atomic E-state index is -0.993. The maximum absolute atomic E-state index is 11.4. The van der Waals surface area contributed by atoms with Crippen LogP contribution in [0.25, 0.3) is 11.1 Å². The van der Waals surface area contributed by atoms with Crippen LogP contribution in [0.1, 0.15) is 25.5 Å². The van der Waals surface area contributed by atoms with E-state index < -0.39 is 6.10 Å². The summed E-state index contributed by atoms with van der Waals surface area (Å²) in [6.07, 6.45) is 2.56. The Morgan fingerprint density at radius 3 is 2.40 bits per heavy atom. The Kier molecular flexibility index (Phi) is 4.48. The van der Waals surface area contributed by atoms with E-state index in [1.54, 1.807) is 6.20 Å². The Labute approximate surface area is 118 Å². The minimum absolute atomic E-state index is 0.139. The lowest BCUT2D eigenvalue weighted by Crippen LogP contribution is -2.34. The summed E-state index contributed by atoms with van der Waals surface area (Å²) in [5.74, 6) is -0.367.